The van der Waals surface area contributed by atoms with Gasteiger partial charge in [0.25, 0.3) is 5.91 Å². The van der Waals surface area contributed by atoms with Gasteiger partial charge in [0.05, 0.1) is 23.8 Å². The zero-order valence-corrected chi connectivity index (χ0v) is 22.0. The van der Waals surface area contributed by atoms with Gasteiger partial charge >= 0.3 is 0 Å². The first kappa shape index (κ1) is 26.4. The van der Waals surface area contributed by atoms with Crippen LogP contribution in [0.4, 0.5) is 5.69 Å². The molecule has 35 heavy (non-hydrogen) atoms. The Morgan fingerprint density at radius 3 is 2.57 bits per heavy atom. The molecule has 6 nitrogen and oxygen atoms in total. The van der Waals surface area contributed by atoms with Crippen molar-refractivity contribution in [3.8, 4) is 23.3 Å². The first-order chi connectivity index (χ1) is 16.8. The van der Waals surface area contributed by atoms with Crippen molar-refractivity contribution in [1.29, 1.82) is 5.26 Å². The van der Waals surface area contributed by atoms with Gasteiger partial charge in [-0.3, -0.25) is 4.79 Å². The van der Waals surface area contributed by atoms with Crippen molar-refractivity contribution in [2.24, 2.45) is 0 Å². The highest BCUT2D eigenvalue weighted by Gasteiger charge is 2.14. The van der Waals surface area contributed by atoms with Gasteiger partial charge in [-0.05, 0) is 60.5 Å². The number of anilines is 1. The average molecular weight is 576 g/mol. The average Bonchev–Trinajstić information content (AvgIpc) is 2.84. The van der Waals surface area contributed by atoms with Crippen molar-refractivity contribution < 1.29 is 19.0 Å². The van der Waals surface area contributed by atoms with E-state index in [4.69, 9.17) is 37.4 Å². The molecule has 0 unspecified atom stereocenters. The highest BCUT2D eigenvalue weighted by Crippen LogP contribution is 2.35. The Kier molecular flexibility index (Phi) is 9.44. The van der Waals surface area contributed by atoms with Gasteiger partial charge in [-0.25, -0.2) is 0 Å². The number of nitriles is 1. The van der Waals surface area contributed by atoms with E-state index in [0.717, 1.165) is 5.56 Å². The van der Waals surface area contributed by atoms with Crippen molar-refractivity contribution >= 4 is 56.8 Å². The lowest BCUT2D eigenvalue weighted by molar-refractivity contribution is -0.112. The third-order valence-electron chi connectivity index (χ3n) is 4.73. The molecule has 0 saturated heterocycles. The van der Waals surface area contributed by atoms with Crippen LogP contribution in [0.15, 0.2) is 64.6 Å². The Labute approximate surface area is 222 Å². The standard InChI is InChI=1S/C26H21BrCl2N2O4/c1-3-34-20-6-4-5-19(12-20)31-26(32)18(14-30)10-17-11-24(33-2)25(13-21(17)27)35-15-16-7-8-22(28)23(29)9-16/h4-13H,3,15H2,1-2H3,(H,31,32)/b18-10-. The zero-order valence-electron chi connectivity index (χ0n) is 18.9. The van der Waals surface area contributed by atoms with E-state index in [1.54, 1.807) is 48.5 Å². The molecule has 0 heterocycles. The van der Waals surface area contributed by atoms with Gasteiger partial charge in [0.1, 0.15) is 24.0 Å². The van der Waals surface area contributed by atoms with Crippen molar-refractivity contribution in [3.63, 3.8) is 0 Å². The highest BCUT2D eigenvalue weighted by molar-refractivity contribution is 9.10. The minimum absolute atomic E-state index is 0.0842. The fourth-order valence-electron chi connectivity index (χ4n) is 3.06. The summed E-state index contributed by atoms with van der Waals surface area (Å²) in [4.78, 5) is 12.7. The number of rotatable bonds is 9. The molecule has 1 amide bonds. The molecule has 0 aliphatic rings. The van der Waals surface area contributed by atoms with Crippen LogP contribution in [0.1, 0.15) is 18.1 Å². The van der Waals surface area contributed by atoms with Gasteiger partial charge in [0, 0.05) is 16.2 Å². The van der Waals surface area contributed by atoms with Crippen LogP contribution in [0.25, 0.3) is 6.08 Å². The number of ether oxygens (including phenoxy) is 3. The number of methoxy groups -OCH3 is 1. The number of hydrogen-bond acceptors (Lipinski definition) is 5. The van der Waals surface area contributed by atoms with E-state index in [-0.39, 0.29) is 12.2 Å². The summed E-state index contributed by atoms with van der Waals surface area (Å²) in [7, 11) is 1.51. The molecular formula is C26H21BrCl2N2O4. The minimum Gasteiger partial charge on any atom is -0.494 e. The molecule has 0 aliphatic carbocycles. The van der Waals surface area contributed by atoms with Gasteiger partial charge in [-0.15, -0.1) is 0 Å². The van der Waals surface area contributed by atoms with E-state index in [1.165, 1.54) is 13.2 Å². The third-order valence-corrected chi connectivity index (χ3v) is 6.15. The van der Waals surface area contributed by atoms with Gasteiger partial charge in [0.2, 0.25) is 0 Å². The molecule has 0 atom stereocenters. The van der Waals surface area contributed by atoms with Gasteiger partial charge in [-0.2, -0.15) is 5.26 Å². The molecule has 0 fully saturated rings. The highest BCUT2D eigenvalue weighted by atomic mass is 79.9. The molecule has 0 aliphatic heterocycles. The SMILES string of the molecule is CCOc1cccc(NC(=O)/C(C#N)=C\c2cc(OC)c(OCc3ccc(Cl)c(Cl)c3)cc2Br)c1. The summed E-state index contributed by atoms with van der Waals surface area (Å²) in [6, 6.07) is 17.5. The monoisotopic (exact) mass is 574 g/mol. The summed E-state index contributed by atoms with van der Waals surface area (Å²) in [5, 5.41) is 13.2. The van der Waals surface area contributed by atoms with E-state index < -0.39 is 5.91 Å². The number of halogens is 3. The van der Waals surface area contributed by atoms with Crippen molar-refractivity contribution in [1.82, 2.24) is 0 Å². The molecule has 3 aromatic carbocycles. The summed E-state index contributed by atoms with van der Waals surface area (Å²) < 4.78 is 17.4. The second-order valence-corrected chi connectivity index (χ2v) is 8.82. The normalized spacial score (nSPS) is 10.9. The van der Waals surface area contributed by atoms with Gasteiger partial charge in [-0.1, -0.05) is 51.3 Å². The van der Waals surface area contributed by atoms with Crippen LogP contribution in [0.2, 0.25) is 10.0 Å². The lowest BCUT2D eigenvalue weighted by atomic mass is 10.1. The predicted molar refractivity (Wildman–Crippen MR) is 141 cm³/mol. The molecule has 180 valence electrons. The predicted octanol–water partition coefficient (Wildman–Crippen LogP) is 7.29. The van der Waals surface area contributed by atoms with E-state index in [2.05, 4.69) is 21.2 Å². The smallest absolute Gasteiger partial charge is 0.266 e. The molecule has 3 aromatic rings. The number of nitrogens with one attached hydrogen (secondary N) is 1. The Bertz CT molecular complexity index is 1300. The number of hydrogen-bond donors (Lipinski definition) is 1. The first-order valence-corrected chi connectivity index (χ1v) is 12.0. The number of amides is 1. The molecule has 3 rings (SSSR count). The van der Waals surface area contributed by atoms with Crippen LogP contribution in [0.3, 0.4) is 0 Å². The Balaban J connectivity index is 1.80. The first-order valence-electron chi connectivity index (χ1n) is 10.4. The zero-order chi connectivity index (χ0) is 25.4. The molecule has 1 N–H and O–H groups in total. The summed E-state index contributed by atoms with van der Waals surface area (Å²) in [5.41, 5.74) is 1.83. The van der Waals surface area contributed by atoms with Crippen molar-refractivity contribution in [2.45, 2.75) is 13.5 Å². The van der Waals surface area contributed by atoms with Crippen LogP contribution in [0, 0.1) is 11.3 Å². The van der Waals surface area contributed by atoms with E-state index >= 15 is 0 Å². The molecule has 0 spiro atoms. The fraction of sp³-hybridized carbons (Fsp3) is 0.154. The van der Waals surface area contributed by atoms with Crippen LogP contribution in [-0.4, -0.2) is 19.6 Å². The Morgan fingerprint density at radius 2 is 1.89 bits per heavy atom. The maximum Gasteiger partial charge on any atom is 0.266 e. The number of carbonyl (C=O) groups excluding carboxylic acids is 1. The fourth-order valence-corrected chi connectivity index (χ4v) is 3.81. The van der Waals surface area contributed by atoms with Gasteiger partial charge < -0.3 is 19.5 Å². The van der Waals surface area contributed by atoms with E-state index in [9.17, 15) is 10.1 Å². The molecule has 0 bridgehead atoms. The van der Waals surface area contributed by atoms with Crippen LogP contribution >= 0.6 is 39.1 Å². The van der Waals surface area contributed by atoms with Gasteiger partial charge in [0.15, 0.2) is 11.5 Å². The second-order valence-electron chi connectivity index (χ2n) is 7.15. The molecule has 0 radical (unpaired) electrons. The largest absolute Gasteiger partial charge is 0.494 e. The number of nitrogens with zero attached hydrogens (tertiary/aromatic N) is 1. The molecular weight excluding hydrogens is 555 g/mol. The number of carbonyl (C=O) groups is 1. The third kappa shape index (κ3) is 7.15. The molecule has 0 aromatic heterocycles. The molecule has 0 saturated carbocycles. The van der Waals surface area contributed by atoms with Crippen molar-refractivity contribution in [3.05, 3.63) is 85.8 Å². The summed E-state index contributed by atoms with van der Waals surface area (Å²) >= 11 is 15.5. The van der Waals surface area contributed by atoms with Crippen LogP contribution < -0.4 is 19.5 Å². The quantitative estimate of drug-likeness (QED) is 0.214. The maximum atomic E-state index is 12.7. The van der Waals surface area contributed by atoms with Crippen LogP contribution in [0.5, 0.6) is 17.2 Å². The Hall–Kier alpha value is -3.18. The Morgan fingerprint density at radius 1 is 1.09 bits per heavy atom. The maximum absolute atomic E-state index is 12.7. The van der Waals surface area contributed by atoms with E-state index in [0.29, 0.717) is 49.6 Å². The van der Waals surface area contributed by atoms with E-state index in [1.807, 2.05) is 19.1 Å². The topological polar surface area (TPSA) is 80.6 Å². The van der Waals surface area contributed by atoms with Crippen molar-refractivity contribution in [2.75, 3.05) is 19.0 Å². The lowest BCUT2D eigenvalue weighted by Crippen LogP contribution is -2.13. The lowest BCUT2D eigenvalue weighted by Gasteiger charge is -2.13. The summed E-state index contributed by atoms with van der Waals surface area (Å²) in [6.07, 6.45) is 1.47. The number of benzene rings is 3. The molecule has 9 heteroatoms. The minimum atomic E-state index is -0.549. The van der Waals surface area contributed by atoms with Crippen LogP contribution in [-0.2, 0) is 11.4 Å². The summed E-state index contributed by atoms with van der Waals surface area (Å²) in [5.74, 6) is 0.976. The summed E-state index contributed by atoms with van der Waals surface area (Å²) in [6.45, 7) is 2.61. The second kappa shape index (κ2) is 12.5.